The van der Waals surface area contributed by atoms with Crippen LogP contribution in [0.5, 0.6) is 0 Å². The van der Waals surface area contributed by atoms with Gasteiger partial charge in [-0.3, -0.25) is 0 Å². The van der Waals surface area contributed by atoms with Crippen LogP contribution >= 0.6 is 11.3 Å². The lowest BCUT2D eigenvalue weighted by Gasteiger charge is -2.22. The summed E-state index contributed by atoms with van der Waals surface area (Å²) < 4.78 is 6.93. The molecule has 1 aliphatic heterocycles. The maximum Gasteiger partial charge on any atom is 0.339 e. The third-order valence-electron chi connectivity index (χ3n) is 5.15. The highest BCUT2D eigenvalue weighted by Gasteiger charge is 2.22. The Morgan fingerprint density at radius 3 is 2.60 bits per heavy atom. The van der Waals surface area contributed by atoms with E-state index in [2.05, 4.69) is 35.6 Å². The van der Waals surface area contributed by atoms with Crippen molar-refractivity contribution < 1.29 is 9.53 Å². The monoisotopic (exact) mass is 428 g/mol. The third-order valence-corrected chi connectivity index (χ3v) is 6.13. The number of hydrogen-bond donors (Lipinski definition) is 0. The van der Waals surface area contributed by atoms with Crippen molar-refractivity contribution >= 4 is 33.2 Å². The Balaban J connectivity index is 1.43. The first-order valence-corrected chi connectivity index (χ1v) is 11.2. The predicted molar refractivity (Wildman–Crippen MR) is 119 cm³/mol. The van der Waals surface area contributed by atoms with Gasteiger partial charge in [-0.2, -0.15) is 0 Å². The summed E-state index contributed by atoms with van der Waals surface area (Å²) in [5, 5.41) is 5.78. The van der Waals surface area contributed by atoms with Crippen LogP contribution in [0, 0.1) is 0 Å². The molecule has 1 aliphatic rings. The van der Waals surface area contributed by atoms with E-state index in [0.717, 1.165) is 54.2 Å². The molecule has 0 bridgehead atoms. The topological polar surface area (TPSA) is 75.9 Å². The molecule has 4 heterocycles. The van der Waals surface area contributed by atoms with Crippen molar-refractivity contribution in [3.05, 3.63) is 35.8 Å². The number of esters is 1. The molecule has 0 saturated carbocycles. The third kappa shape index (κ3) is 4.26. The molecular weight excluding hydrogens is 400 g/mol. The average Bonchev–Trinajstić information content (AvgIpc) is 3.19. The smallest absolute Gasteiger partial charge is 0.339 e. The van der Waals surface area contributed by atoms with Crippen LogP contribution in [0.15, 0.2) is 24.5 Å². The molecule has 0 radical (unpaired) electrons. The van der Waals surface area contributed by atoms with Gasteiger partial charge in [0.1, 0.15) is 5.82 Å². The molecule has 0 aliphatic carbocycles. The number of ether oxygens (including phenoxy) is 1. The predicted octanol–water partition coefficient (Wildman–Crippen LogP) is 3.38. The van der Waals surface area contributed by atoms with Crippen molar-refractivity contribution in [3.8, 4) is 0 Å². The summed E-state index contributed by atoms with van der Waals surface area (Å²) in [4.78, 5) is 26.6. The summed E-state index contributed by atoms with van der Waals surface area (Å²) in [6.45, 7) is 12.2. The molecule has 160 valence electrons. The number of aromatic nitrogens is 4. The Bertz CT molecular complexity index is 989. The summed E-state index contributed by atoms with van der Waals surface area (Å²) in [6.07, 6.45) is 4.64. The van der Waals surface area contributed by atoms with Crippen molar-refractivity contribution in [2.45, 2.75) is 39.5 Å². The largest absolute Gasteiger partial charge is 0.462 e. The lowest BCUT2D eigenvalue weighted by Crippen LogP contribution is -2.31. The Morgan fingerprint density at radius 1 is 1.17 bits per heavy atom. The Hall–Kier alpha value is -2.68. The molecule has 9 heteroatoms. The molecule has 1 fully saturated rings. The first kappa shape index (κ1) is 20.6. The number of pyridine rings is 1. The average molecular weight is 429 g/mol. The van der Waals surface area contributed by atoms with Crippen LogP contribution in [0.2, 0.25) is 0 Å². The Labute approximate surface area is 180 Å². The molecule has 0 atom stereocenters. The van der Waals surface area contributed by atoms with Gasteiger partial charge in [-0.05, 0) is 25.5 Å². The van der Waals surface area contributed by atoms with Gasteiger partial charge in [0.25, 0.3) is 0 Å². The summed E-state index contributed by atoms with van der Waals surface area (Å²) in [5.41, 5.74) is 1.57. The van der Waals surface area contributed by atoms with Crippen LogP contribution in [-0.2, 0) is 10.2 Å². The molecule has 30 heavy (non-hydrogen) atoms. The van der Waals surface area contributed by atoms with Gasteiger partial charge < -0.3 is 14.5 Å². The zero-order chi connectivity index (χ0) is 21.3. The minimum absolute atomic E-state index is 0.0204. The highest BCUT2D eigenvalue weighted by Crippen LogP contribution is 2.28. The molecule has 4 rings (SSSR count). The van der Waals surface area contributed by atoms with Crippen LogP contribution < -0.4 is 9.80 Å². The van der Waals surface area contributed by atoms with Gasteiger partial charge in [-0.15, -0.1) is 5.10 Å². The van der Waals surface area contributed by atoms with Crippen LogP contribution in [0.3, 0.4) is 0 Å². The summed E-state index contributed by atoms with van der Waals surface area (Å²) in [6, 6.07) is 3.68. The number of fused-ring (bicyclic) bond motifs is 1. The number of carbonyl (C=O) groups is 1. The molecule has 8 nitrogen and oxygen atoms in total. The van der Waals surface area contributed by atoms with Crippen molar-refractivity contribution in [2.24, 2.45) is 0 Å². The second kappa shape index (κ2) is 8.22. The van der Waals surface area contributed by atoms with Gasteiger partial charge in [-0.1, -0.05) is 32.1 Å². The van der Waals surface area contributed by atoms with Crippen LogP contribution in [0.25, 0.3) is 4.96 Å². The Morgan fingerprint density at radius 2 is 1.93 bits per heavy atom. The maximum absolute atomic E-state index is 11.8. The van der Waals surface area contributed by atoms with E-state index in [0.29, 0.717) is 12.2 Å². The summed E-state index contributed by atoms with van der Waals surface area (Å²) in [7, 11) is 0. The van der Waals surface area contributed by atoms with Crippen molar-refractivity contribution in [1.82, 2.24) is 19.6 Å². The highest BCUT2D eigenvalue weighted by atomic mass is 32.1. The highest BCUT2D eigenvalue weighted by molar-refractivity contribution is 7.20. The van der Waals surface area contributed by atoms with Crippen LogP contribution in [0.4, 0.5) is 10.9 Å². The van der Waals surface area contributed by atoms with E-state index in [9.17, 15) is 4.79 Å². The first-order chi connectivity index (χ1) is 14.3. The fourth-order valence-electron chi connectivity index (χ4n) is 3.42. The SMILES string of the molecule is CCOC(=O)c1ccc(N2CCCN(c3nn4cc(C(C)(C)C)nc4s3)CC2)nc1. The number of rotatable bonds is 4. The van der Waals surface area contributed by atoms with Gasteiger partial charge in [0.15, 0.2) is 0 Å². The molecule has 0 N–H and O–H groups in total. The number of carbonyl (C=O) groups excluding carboxylic acids is 1. The van der Waals surface area contributed by atoms with E-state index in [4.69, 9.17) is 14.8 Å². The van der Waals surface area contributed by atoms with Crippen molar-refractivity contribution in [3.63, 3.8) is 0 Å². The van der Waals surface area contributed by atoms with E-state index >= 15 is 0 Å². The quantitative estimate of drug-likeness (QED) is 0.590. The Kier molecular flexibility index (Phi) is 5.64. The number of anilines is 2. The second-order valence-electron chi connectivity index (χ2n) is 8.44. The molecular formula is C21H28N6O2S. The lowest BCUT2D eigenvalue weighted by molar-refractivity contribution is 0.0526. The molecule has 0 amide bonds. The van der Waals surface area contributed by atoms with E-state index in [1.54, 1.807) is 30.5 Å². The van der Waals surface area contributed by atoms with Gasteiger partial charge in [0.2, 0.25) is 10.1 Å². The van der Waals surface area contributed by atoms with Crippen molar-refractivity contribution in [1.29, 1.82) is 0 Å². The molecule has 3 aromatic rings. The molecule has 1 saturated heterocycles. The minimum Gasteiger partial charge on any atom is -0.462 e. The fourth-order valence-corrected chi connectivity index (χ4v) is 4.36. The first-order valence-electron chi connectivity index (χ1n) is 10.3. The maximum atomic E-state index is 11.8. The normalized spacial score (nSPS) is 15.5. The zero-order valence-electron chi connectivity index (χ0n) is 18.0. The molecule has 0 unspecified atom stereocenters. The lowest BCUT2D eigenvalue weighted by atomic mass is 9.93. The number of nitrogens with zero attached hydrogens (tertiary/aromatic N) is 6. The zero-order valence-corrected chi connectivity index (χ0v) is 18.8. The van der Waals surface area contributed by atoms with Gasteiger partial charge in [-0.25, -0.2) is 19.3 Å². The van der Waals surface area contributed by atoms with E-state index < -0.39 is 0 Å². The van der Waals surface area contributed by atoms with Crippen molar-refractivity contribution in [2.75, 3.05) is 42.6 Å². The van der Waals surface area contributed by atoms with E-state index in [-0.39, 0.29) is 11.4 Å². The van der Waals surface area contributed by atoms with Gasteiger partial charge in [0, 0.05) is 37.8 Å². The van der Waals surface area contributed by atoms with Crippen LogP contribution in [-0.4, -0.2) is 58.3 Å². The second-order valence-corrected chi connectivity index (χ2v) is 9.38. The van der Waals surface area contributed by atoms with Gasteiger partial charge >= 0.3 is 5.97 Å². The van der Waals surface area contributed by atoms with Gasteiger partial charge in [0.05, 0.1) is 24.1 Å². The molecule has 3 aromatic heterocycles. The fraction of sp³-hybridized carbons (Fsp3) is 0.524. The number of imidazole rings is 1. The molecule has 0 spiro atoms. The number of hydrogen-bond acceptors (Lipinski definition) is 8. The summed E-state index contributed by atoms with van der Waals surface area (Å²) in [5.74, 6) is 0.552. The summed E-state index contributed by atoms with van der Waals surface area (Å²) >= 11 is 1.64. The van der Waals surface area contributed by atoms with Crippen LogP contribution in [0.1, 0.15) is 50.2 Å². The van der Waals surface area contributed by atoms with E-state index in [1.807, 2.05) is 16.8 Å². The van der Waals surface area contributed by atoms with E-state index in [1.165, 1.54) is 0 Å². The standard InChI is InChI=1S/C21H28N6O2S/c1-5-29-18(28)15-7-8-17(22-13-15)25-9-6-10-26(12-11-25)20-24-27-14-16(21(2,3)4)23-19(27)30-20/h7-8,13-14H,5-6,9-12H2,1-4H3. The minimum atomic E-state index is -0.331. The molecule has 0 aromatic carbocycles.